The average Bonchev–Trinajstić information content (AvgIpc) is 2.89. The van der Waals surface area contributed by atoms with E-state index < -0.39 is 28.2 Å². The largest absolute Gasteiger partial charge is 0.362 e. The summed E-state index contributed by atoms with van der Waals surface area (Å²) in [7, 11) is -4.45. The van der Waals surface area contributed by atoms with Crippen LogP contribution in [0.4, 0.5) is 0 Å². The molecule has 0 saturated carbocycles. The average molecular weight is 284 g/mol. The lowest BCUT2D eigenvalue weighted by Crippen LogP contribution is -2.64. The Labute approximate surface area is 110 Å². The van der Waals surface area contributed by atoms with Crippen molar-refractivity contribution in [2.24, 2.45) is 0 Å². The molecular weight excluding hydrogens is 272 g/mol. The molecule has 1 fully saturated rings. The Morgan fingerprint density at radius 1 is 1.42 bits per heavy atom. The van der Waals surface area contributed by atoms with Gasteiger partial charge in [-0.25, -0.2) is 4.31 Å². The molecule has 1 aliphatic heterocycles. The summed E-state index contributed by atoms with van der Waals surface area (Å²) in [5.41, 5.74) is 2.85. The Hall–Kier alpha value is -1.93. The first-order valence-corrected chi connectivity index (χ1v) is 6.85. The van der Waals surface area contributed by atoms with Crippen LogP contribution in [-0.4, -0.2) is 41.7 Å². The summed E-state index contributed by atoms with van der Waals surface area (Å²) in [6, 6.07) is 7.65. The van der Waals surface area contributed by atoms with Crippen LogP contribution in [0.2, 0.25) is 0 Å². The second-order valence-electron chi connectivity index (χ2n) is 4.18. The van der Waals surface area contributed by atoms with Crippen molar-refractivity contribution in [2.75, 3.05) is 6.54 Å². The Kier molecular flexibility index (Phi) is 3.29. The first-order valence-electron chi connectivity index (χ1n) is 5.45. The van der Waals surface area contributed by atoms with E-state index in [1.54, 1.807) is 0 Å². The Morgan fingerprint density at radius 3 is 2.26 bits per heavy atom. The highest BCUT2D eigenvalue weighted by Gasteiger charge is 2.43. The molecule has 2 aliphatic carbocycles. The summed E-state index contributed by atoms with van der Waals surface area (Å²) in [6.45, 7) is 1.00. The van der Waals surface area contributed by atoms with Crippen molar-refractivity contribution in [1.29, 1.82) is 0 Å². The molecular formula is C11H12N2O5S. The number of rotatable bonds is 2. The van der Waals surface area contributed by atoms with Crippen LogP contribution >= 0.6 is 0 Å². The topological polar surface area (TPSA) is 104 Å². The van der Waals surface area contributed by atoms with Gasteiger partial charge in [-0.05, 0) is 17.2 Å². The highest BCUT2D eigenvalue weighted by molar-refractivity contribution is 7.84. The third kappa shape index (κ3) is 3.09. The smallest absolute Gasteiger partial charge is 0.343 e. The highest BCUT2D eigenvalue weighted by Crippen LogP contribution is 2.32. The van der Waals surface area contributed by atoms with Crippen molar-refractivity contribution in [3.05, 3.63) is 24.3 Å². The zero-order valence-corrected chi connectivity index (χ0v) is 10.8. The van der Waals surface area contributed by atoms with Gasteiger partial charge < -0.3 is 5.32 Å². The fraction of sp³-hybridized carbons (Fsp3) is 0.273. The third-order valence-corrected chi connectivity index (χ3v) is 3.55. The fourth-order valence-electron chi connectivity index (χ4n) is 1.63. The molecule has 2 N–H and O–H groups in total. The van der Waals surface area contributed by atoms with Gasteiger partial charge in [-0.15, -0.1) is 0 Å². The molecule has 0 aromatic heterocycles. The predicted molar refractivity (Wildman–Crippen MR) is 66.3 cm³/mol. The molecule has 8 heteroatoms. The quantitative estimate of drug-likeness (QED) is 0.587. The number of amides is 2. The zero-order valence-electron chi connectivity index (χ0n) is 10.0. The second kappa shape index (κ2) is 4.63. The number of nitrogens with one attached hydrogen (secondary N) is 1. The van der Waals surface area contributed by atoms with E-state index in [4.69, 9.17) is 4.55 Å². The maximum absolute atomic E-state index is 10.9. The highest BCUT2D eigenvalue weighted by atomic mass is 32.2. The molecule has 0 aromatic rings. The number of β-lactam (4-membered cyclic amide) rings is 1. The fourth-order valence-corrected chi connectivity index (χ4v) is 2.32. The van der Waals surface area contributed by atoms with Crippen LogP contribution in [0.3, 0.4) is 0 Å². The molecule has 1 atom stereocenters. The standard InChI is InChI=1S/C6H4.C5H8N2O5S/c1-2-5-4-6(5)3-1;1-3(8)6-4-2-7(5(4)9)13(10,11)12/h1-4H;4H,2H2,1H3,(H,6,8)(H,10,11,12). The van der Waals surface area contributed by atoms with Gasteiger partial charge in [-0.2, -0.15) is 8.42 Å². The van der Waals surface area contributed by atoms with E-state index in [0.717, 1.165) is 0 Å². The molecule has 3 rings (SSSR count). The van der Waals surface area contributed by atoms with Gasteiger partial charge in [0.2, 0.25) is 5.91 Å². The second-order valence-corrected chi connectivity index (χ2v) is 5.52. The number of carbonyl (C=O) groups excluding carboxylic acids is 2. The van der Waals surface area contributed by atoms with Gasteiger partial charge in [0.1, 0.15) is 6.04 Å². The van der Waals surface area contributed by atoms with Gasteiger partial charge in [-0.1, -0.05) is 18.2 Å². The molecule has 1 unspecified atom stereocenters. The molecule has 2 amide bonds. The molecule has 0 aromatic carbocycles. The van der Waals surface area contributed by atoms with E-state index in [1.807, 2.05) is 0 Å². The van der Waals surface area contributed by atoms with E-state index in [1.165, 1.54) is 18.1 Å². The summed E-state index contributed by atoms with van der Waals surface area (Å²) in [4.78, 5) is 21.4. The van der Waals surface area contributed by atoms with Crippen molar-refractivity contribution in [3.8, 4) is 11.1 Å². The molecule has 0 bridgehead atoms. The minimum Gasteiger partial charge on any atom is -0.343 e. The minimum absolute atomic E-state index is 0.211. The van der Waals surface area contributed by atoms with Crippen molar-refractivity contribution in [3.63, 3.8) is 0 Å². The van der Waals surface area contributed by atoms with Crippen LogP contribution in [0.1, 0.15) is 6.92 Å². The first-order chi connectivity index (χ1) is 8.79. The number of carbonyl (C=O) groups is 2. The molecule has 1 heterocycles. The van der Waals surface area contributed by atoms with Gasteiger partial charge >= 0.3 is 10.3 Å². The summed E-state index contributed by atoms with van der Waals surface area (Å²) in [5, 5.41) is 2.23. The monoisotopic (exact) mass is 284 g/mol. The lowest BCUT2D eigenvalue weighted by Gasteiger charge is -2.34. The Morgan fingerprint density at radius 2 is 2.00 bits per heavy atom. The Balaban J connectivity index is 0.000000180. The summed E-state index contributed by atoms with van der Waals surface area (Å²) in [5.74, 6) is -1.24. The van der Waals surface area contributed by atoms with Gasteiger partial charge in [0, 0.05) is 6.92 Å². The van der Waals surface area contributed by atoms with Crippen LogP contribution in [0.25, 0.3) is 11.1 Å². The van der Waals surface area contributed by atoms with E-state index in [2.05, 4.69) is 29.6 Å². The number of hydrogen-bond acceptors (Lipinski definition) is 4. The maximum Gasteiger partial charge on any atom is 0.362 e. The number of nitrogens with zero attached hydrogens (tertiary/aromatic N) is 1. The number of benzene rings is 1. The lowest BCUT2D eigenvalue weighted by atomic mass is 10.1. The van der Waals surface area contributed by atoms with Gasteiger partial charge in [0.15, 0.2) is 0 Å². The van der Waals surface area contributed by atoms with Crippen LogP contribution < -0.4 is 5.32 Å². The van der Waals surface area contributed by atoms with Gasteiger partial charge in [-0.3, -0.25) is 14.1 Å². The number of hydrogen-bond donors (Lipinski definition) is 2. The maximum atomic E-state index is 10.9. The molecule has 102 valence electrons. The van der Waals surface area contributed by atoms with Crippen molar-refractivity contribution >= 4 is 22.1 Å². The van der Waals surface area contributed by atoms with Crippen molar-refractivity contribution < 1.29 is 22.6 Å². The van der Waals surface area contributed by atoms with E-state index in [0.29, 0.717) is 0 Å². The predicted octanol–water partition coefficient (Wildman–Crippen LogP) is -0.197. The van der Waals surface area contributed by atoms with Crippen LogP contribution in [-0.2, 0) is 19.9 Å². The minimum atomic E-state index is -4.45. The molecule has 19 heavy (non-hydrogen) atoms. The van der Waals surface area contributed by atoms with Gasteiger partial charge in [0.25, 0.3) is 5.91 Å². The van der Waals surface area contributed by atoms with E-state index in [9.17, 15) is 18.0 Å². The summed E-state index contributed by atoms with van der Waals surface area (Å²) >= 11 is 0. The zero-order chi connectivity index (χ0) is 14.2. The SMILES string of the molecule is CC(=O)NC1CN(S(=O)(=O)O)C1=O.c1cc2cc-2c1. The third-order valence-electron chi connectivity index (χ3n) is 2.66. The molecule has 3 aliphatic rings. The van der Waals surface area contributed by atoms with E-state index >= 15 is 0 Å². The molecule has 0 spiro atoms. The van der Waals surface area contributed by atoms with Crippen molar-refractivity contribution in [2.45, 2.75) is 13.0 Å². The van der Waals surface area contributed by atoms with Crippen molar-refractivity contribution in [1.82, 2.24) is 9.62 Å². The first kappa shape index (κ1) is 13.5. The molecule has 1 saturated heterocycles. The normalized spacial score (nSPS) is 18.9. The van der Waals surface area contributed by atoms with Crippen LogP contribution in [0.5, 0.6) is 0 Å². The van der Waals surface area contributed by atoms with Gasteiger partial charge in [0.05, 0.1) is 6.54 Å². The van der Waals surface area contributed by atoms with Crippen LogP contribution in [0, 0.1) is 0 Å². The summed E-state index contributed by atoms with van der Waals surface area (Å²) < 4.78 is 29.5. The lowest BCUT2D eigenvalue weighted by molar-refractivity contribution is -0.140. The molecule has 0 radical (unpaired) electrons. The van der Waals surface area contributed by atoms with E-state index in [-0.39, 0.29) is 10.8 Å². The molecule has 7 nitrogen and oxygen atoms in total. The van der Waals surface area contributed by atoms with Crippen LogP contribution in [0.15, 0.2) is 24.3 Å². The Bertz CT molecular complexity index is 623. The number of fused-ring (bicyclic) bond motifs is 1. The summed E-state index contributed by atoms with van der Waals surface area (Å²) in [6.07, 6.45) is 0.